The van der Waals surface area contributed by atoms with Crippen molar-refractivity contribution in [1.29, 1.82) is 0 Å². The van der Waals surface area contributed by atoms with Gasteiger partial charge in [0.1, 0.15) is 0 Å². The predicted molar refractivity (Wildman–Crippen MR) is 90.4 cm³/mol. The molecule has 0 radical (unpaired) electrons. The fraction of sp³-hybridized carbons (Fsp3) is 0.812. The van der Waals surface area contributed by atoms with Gasteiger partial charge in [-0.05, 0) is 31.6 Å². The fourth-order valence-corrected chi connectivity index (χ4v) is 3.70. The first-order chi connectivity index (χ1) is 10.2. The summed E-state index contributed by atoms with van der Waals surface area (Å²) in [4.78, 5) is 8.73. The Kier molecular flexibility index (Phi) is 6.45. The van der Waals surface area contributed by atoms with E-state index in [0.29, 0.717) is 12.0 Å². The standard InChI is InChI=1S/C16H29N3OS/c1-5-12(2)15-14(11-17-9-10-20-4)21-16(18-15)19(3)13-7-6-8-13/h12-13,17H,5-11H2,1-4H3. The number of hydrogen-bond donors (Lipinski definition) is 1. The second kappa shape index (κ2) is 8.11. The van der Waals surface area contributed by atoms with Crippen LogP contribution in [0.25, 0.3) is 0 Å². The topological polar surface area (TPSA) is 37.4 Å². The molecule has 0 saturated heterocycles. The first-order valence-corrected chi connectivity index (χ1v) is 8.91. The largest absolute Gasteiger partial charge is 0.383 e. The minimum atomic E-state index is 0.531. The van der Waals surface area contributed by atoms with E-state index in [0.717, 1.165) is 26.1 Å². The van der Waals surface area contributed by atoms with Crippen LogP contribution in [0.5, 0.6) is 0 Å². The molecule has 1 saturated carbocycles. The van der Waals surface area contributed by atoms with Gasteiger partial charge in [0.25, 0.3) is 0 Å². The molecule has 1 aliphatic carbocycles. The molecule has 0 amide bonds. The molecule has 4 nitrogen and oxygen atoms in total. The maximum atomic E-state index is 5.09. The van der Waals surface area contributed by atoms with Crippen LogP contribution in [0.15, 0.2) is 0 Å². The molecule has 1 aromatic heterocycles. The summed E-state index contributed by atoms with van der Waals surface area (Å²) in [6, 6.07) is 0.704. The van der Waals surface area contributed by atoms with E-state index in [1.165, 1.54) is 35.0 Å². The third-order valence-electron chi connectivity index (χ3n) is 4.49. The molecule has 21 heavy (non-hydrogen) atoms. The van der Waals surface area contributed by atoms with Crippen molar-refractivity contribution in [2.24, 2.45) is 0 Å². The summed E-state index contributed by atoms with van der Waals surface area (Å²) in [7, 11) is 3.94. The van der Waals surface area contributed by atoms with Crippen LogP contribution in [-0.4, -0.2) is 38.3 Å². The summed E-state index contributed by atoms with van der Waals surface area (Å²) < 4.78 is 5.09. The summed E-state index contributed by atoms with van der Waals surface area (Å²) in [5.41, 5.74) is 1.29. The van der Waals surface area contributed by atoms with Crippen molar-refractivity contribution in [3.05, 3.63) is 10.6 Å². The van der Waals surface area contributed by atoms with E-state index < -0.39 is 0 Å². The number of methoxy groups -OCH3 is 1. The van der Waals surface area contributed by atoms with Gasteiger partial charge in [0.15, 0.2) is 5.13 Å². The molecule has 2 rings (SSSR count). The molecule has 120 valence electrons. The lowest BCUT2D eigenvalue weighted by molar-refractivity contribution is 0.199. The van der Waals surface area contributed by atoms with Crippen LogP contribution in [0.3, 0.4) is 0 Å². The lowest BCUT2D eigenvalue weighted by atomic mass is 9.92. The molecule has 0 spiro atoms. The molecule has 1 N–H and O–H groups in total. The minimum Gasteiger partial charge on any atom is -0.383 e. The zero-order valence-electron chi connectivity index (χ0n) is 13.8. The van der Waals surface area contributed by atoms with Crippen molar-refractivity contribution in [3.63, 3.8) is 0 Å². The molecule has 0 aliphatic heterocycles. The highest BCUT2D eigenvalue weighted by Gasteiger charge is 2.26. The van der Waals surface area contributed by atoms with Crippen LogP contribution < -0.4 is 10.2 Å². The quantitative estimate of drug-likeness (QED) is 0.709. The smallest absolute Gasteiger partial charge is 0.185 e. The average molecular weight is 311 g/mol. The highest BCUT2D eigenvalue weighted by molar-refractivity contribution is 7.15. The van der Waals surface area contributed by atoms with E-state index >= 15 is 0 Å². The molecular weight excluding hydrogens is 282 g/mol. The van der Waals surface area contributed by atoms with E-state index in [9.17, 15) is 0 Å². The van der Waals surface area contributed by atoms with Crippen LogP contribution in [0.2, 0.25) is 0 Å². The molecule has 1 aromatic rings. The number of rotatable bonds is 9. The number of thiazole rings is 1. The lowest BCUT2D eigenvalue weighted by Crippen LogP contribution is -2.37. The molecule has 1 aliphatic rings. The lowest BCUT2D eigenvalue weighted by Gasteiger charge is -2.34. The van der Waals surface area contributed by atoms with E-state index in [1.807, 2.05) is 11.3 Å². The van der Waals surface area contributed by atoms with Gasteiger partial charge >= 0.3 is 0 Å². The van der Waals surface area contributed by atoms with Gasteiger partial charge in [0.05, 0.1) is 12.3 Å². The van der Waals surface area contributed by atoms with Crippen LogP contribution in [-0.2, 0) is 11.3 Å². The third-order valence-corrected chi connectivity index (χ3v) is 5.65. The molecule has 1 heterocycles. The van der Waals surface area contributed by atoms with Gasteiger partial charge in [-0.25, -0.2) is 4.98 Å². The molecule has 1 atom stereocenters. The van der Waals surface area contributed by atoms with Gasteiger partial charge in [0, 0.05) is 38.2 Å². The van der Waals surface area contributed by atoms with Crippen LogP contribution in [0, 0.1) is 0 Å². The SMILES string of the molecule is CCC(C)c1nc(N(C)C2CCC2)sc1CNCCOC. The van der Waals surface area contributed by atoms with Crippen LogP contribution >= 0.6 is 11.3 Å². The van der Waals surface area contributed by atoms with Gasteiger partial charge in [-0.2, -0.15) is 0 Å². The van der Waals surface area contributed by atoms with E-state index in [2.05, 4.69) is 31.1 Å². The second-order valence-electron chi connectivity index (χ2n) is 5.98. The Morgan fingerprint density at radius 3 is 2.81 bits per heavy atom. The number of nitrogens with zero attached hydrogens (tertiary/aromatic N) is 2. The Balaban J connectivity index is 2.06. The first-order valence-electron chi connectivity index (χ1n) is 8.09. The minimum absolute atomic E-state index is 0.531. The normalized spacial score (nSPS) is 16.8. The highest BCUT2D eigenvalue weighted by Crippen LogP contribution is 2.35. The number of hydrogen-bond acceptors (Lipinski definition) is 5. The van der Waals surface area contributed by atoms with Crippen molar-refractivity contribution in [2.75, 3.05) is 32.2 Å². The Hall–Kier alpha value is -0.650. The Morgan fingerprint density at radius 2 is 2.24 bits per heavy atom. The zero-order chi connectivity index (χ0) is 15.2. The molecule has 0 bridgehead atoms. The summed E-state index contributed by atoms with van der Waals surface area (Å²) in [5, 5.41) is 4.65. The maximum absolute atomic E-state index is 5.09. The van der Waals surface area contributed by atoms with Crippen molar-refractivity contribution < 1.29 is 4.74 Å². The van der Waals surface area contributed by atoms with Gasteiger partial charge in [-0.1, -0.05) is 13.8 Å². The predicted octanol–water partition coefficient (Wildman–Crippen LogP) is 3.38. The Labute approximate surface area is 132 Å². The summed E-state index contributed by atoms with van der Waals surface area (Å²) in [6.07, 6.45) is 5.14. The van der Waals surface area contributed by atoms with Crippen molar-refractivity contribution in [1.82, 2.24) is 10.3 Å². The fourth-order valence-electron chi connectivity index (χ4n) is 2.51. The van der Waals surface area contributed by atoms with Gasteiger partial charge < -0.3 is 15.0 Å². The Morgan fingerprint density at radius 1 is 1.48 bits per heavy atom. The van der Waals surface area contributed by atoms with E-state index in [-0.39, 0.29) is 0 Å². The van der Waals surface area contributed by atoms with Crippen molar-refractivity contribution in [3.8, 4) is 0 Å². The highest BCUT2D eigenvalue weighted by atomic mass is 32.1. The maximum Gasteiger partial charge on any atom is 0.185 e. The monoisotopic (exact) mass is 311 g/mol. The number of ether oxygens (including phenoxy) is 1. The first kappa shape index (κ1) is 16.7. The van der Waals surface area contributed by atoms with Crippen molar-refractivity contribution >= 4 is 16.5 Å². The number of nitrogens with one attached hydrogen (secondary N) is 1. The number of aromatic nitrogens is 1. The third kappa shape index (κ3) is 4.18. The second-order valence-corrected chi connectivity index (χ2v) is 7.04. The molecule has 5 heteroatoms. The van der Waals surface area contributed by atoms with Gasteiger partial charge in [0.2, 0.25) is 0 Å². The average Bonchev–Trinajstić information content (AvgIpc) is 2.85. The van der Waals surface area contributed by atoms with Gasteiger partial charge in [-0.15, -0.1) is 11.3 Å². The van der Waals surface area contributed by atoms with E-state index in [4.69, 9.17) is 9.72 Å². The van der Waals surface area contributed by atoms with Crippen LogP contribution in [0.4, 0.5) is 5.13 Å². The van der Waals surface area contributed by atoms with E-state index in [1.54, 1.807) is 7.11 Å². The number of anilines is 1. The molecule has 1 unspecified atom stereocenters. The Bertz CT molecular complexity index is 431. The summed E-state index contributed by atoms with van der Waals surface area (Å²) in [6.45, 7) is 7.07. The van der Waals surface area contributed by atoms with Gasteiger partial charge in [-0.3, -0.25) is 0 Å². The van der Waals surface area contributed by atoms with Crippen LogP contribution in [0.1, 0.15) is 56.0 Å². The summed E-state index contributed by atoms with van der Waals surface area (Å²) >= 11 is 1.86. The zero-order valence-corrected chi connectivity index (χ0v) is 14.6. The molecular formula is C16H29N3OS. The summed E-state index contributed by atoms with van der Waals surface area (Å²) in [5.74, 6) is 0.531. The van der Waals surface area contributed by atoms with Crippen molar-refractivity contribution in [2.45, 2.75) is 58.0 Å². The molecule has 1 fully saturated rings. The molecule has 0 aromatic carbocycles.